The number of carbonyl (C=O) groups is 1. The van der Waals surface area contributed by atoms with Gasteiger partial charge in [0.1, 0.15) is 0 Å². The van der Waals surface area contributed by atoms with Crippen molar-refractivity contribution in [2.24, 2.45) is 5.92 Å². The van der Waals surface area contributed by atoms with Crippen LogP contribution in [0.5, 0.6) is 11.5 Å². The first kappa shape index (κ1) is 21.2. The number of nitrogens with one attached hydrogen (secondary N) is 1. The second-order valence-electron chi connectivity index (χ2n) is 6.68. The number of benzene rings is 1. The largest absolute Gasteiger partial charge is 0.493 e. The summed E-state index contributed by atoms with van der Waals surface area (Å²) in [5.41, 5.74) is 1.30. The van der Waals surface area contributed by atoms with Crippen LogP contribution in [0.3, 0.4) is 0 Å². The molecule has 0 aliphatic carbocycles. The van der Waals surface area contributed by atoms with Crippen molar-refractivity contribution in [2.75, 3.05) is 40.1 Å². The maximum absolute atomic E-state index is 13.0. The zero-order valence-corrected chi connectivity index (χ0v) is 17.1. The summed E-state index contributed by atoms with van der Waals surface area (Å²) in [7, 11) is -0.127. The SMILES string of the molecule is C/C=C/c1cc(C(=O)N2CCC[C@@H](CNS(C)(=O)=O)C2)cc(OC)c1OC. The molecule has 2 rings (SSSR count). The fraction of sp³-hybridized carbons (Fsp3) is 0.526. The number of amides is 1. The van der Waals surface area contributed by atoms with Crippen molar-refractivity contribution in [3.8, 4) is 11.5 Å². The maximum Gasteiger partial charge on any atom is 0.254 e. The van der Waals surface area contributed by atoms with Gasteiger partial charge in [-0.3, -0.25) is 4.79 Å². The van der Waals surface area contributed by atoms with Crippen LogP contribution in [0.15, 0.2) is 18.2 Å². The van der Waals surface area contributed by atoms with Gasteiger partial charge >= 0.3 is 0 Å². The predicted molar refractivity (Wildman–Crippen MR) is 106 cm³/mol. The molecule has 1 heterocycles. The fourth-order valence-corrected chi connectivity index (χ4v) is 3.83. The minimum Gasteiger partial charge on any atom is -0.493 e. The van der Waals surface area contributed by atoms with E-state index in [0.29, 0.717) is 36.7 Å². The van der Waals surface area contributed by atoms with Crippen molar-refractivity contribution < 1.29 is 22.7 Å². The molecule has 0 unspecified atom stereocenters. The van der Waals surface area contributed by atoms with Gasteiger partial charge in [0.15, 0.2) is 11.5 Å². The molecular weight excluding hydrogens is 368 g/mol. The Kier molecular flexibility index (Phi) is 7.26. The second kappa shape index (κ2) is 9.23. The molecule has 150 valence electrons. The third-order valence-corrected chi connectivity index (χ3v) is 5.23. The number of piperidine rings is 1. The molecular formula is C19H28N2O5S. The molecule has 1 aromatic rings. The molecule has 1 amide bonds. The van der Waals surface area contributed by atoms with Crippen molar-refractivity contribution in [2.45, 2.75) is 19.8 Å². The van der Waals surface area contributed by atoms with Gasteiger partial charge in [0.05, 0.1) is 20.5 Å². The van der Waals surface area contributed by atoms with Gasteiger partial charge in [0.2, 0.25) is 10.0 Å². The summed E-state index contributed by atoms with van der Waals surface area (Å²) in [6.45, 7) is 3.42. The van der Waals surface area contributed by atoms with E-state index in [1.54, 1.807) is 31.3 Å². The van der Waals surface area contributed by atoms with Gasteiger partial charge in [-0.25, -0.2) is 13.1 Å². The molecule has 1 fully saturated rings. The molecule has 1 aliphatic rings. The van der Waals surface area contributed by atoms with E-state index in [9.17, 15) is 13.2 Å². The lowest BCUT2D eigenvalue weighted by Gasteiger charge is -2.33. The summed E-state index contributed by atoms with van der Waals surface area (Å²) in [6, 6.07) is 3.48. The Bertz CT molecular complexity index is 805. The highest BCUT2D eigenvalue weighted by Gasteiger charge is 2.26. The number of likely N-dealkylation sites (tertiary alicyclic amines) is 1. The van der Waals surface area contributed by atoms with Gasteiger partial charge in [-0.15, -0.1) is 0 Å². The van der Waals surface area contributed by atoms with Crippen LogP contribution in [0, 0.1) is 5.92 Å². The molecule has 0 aromatic heterocycles. The van der Waals surface area contributed by atoms with Crippen LogP contribution in [0.4, 0.5) is 0 Å². The number of sulfonamides is 1. The number of methoxy groups -OCH3 is 2. The number of carbonyl (C=O) groups excluding carboxylic acids is 1. The zero-order chi connectivity index (χ0) is 20.0. The lowest BCUT2D eigenvalue weighted by atomic mass is 9.97. The number of hydrogen-bond donors (Lipinski definition) is 1. The molecule has 1 N–H and O–H groups in total. The third kappa shape index (κ3) is 5.71. The Morgan fingerprint density at radius 1 is 1.33 bits per heavy atom. The number of rotatable bonds is 7. The standard InChI is InChI=1S/C19H28N2O5S/c1-5-7-15-10-16(11-17(25-2)18(15)26-3)19(22)21-9-6-8-14(13-21)12-20-27(4,23)24/h5,7,10-11,14,20H,6,8-9,12-13H2,1-4H3/b7-5+/t14-/m0/s1. The summed E-state index contributed by atoms with van der Waals surface area (Å²) in [6.07, 6.45) is 6.62. The Balaban J connectivity index is 2.22. The molecule has 1 atom stereocenters. The van der Waals surface area contributed by atoms with Crippen LogP contribution in [0.1, 0.15) is 35.7 Å². The quantitative estimate of drug-likeness (QED) is 0.763. The van der Waals surface area contributed by atoms with Gasteiger partial charge in [-0.2, -0.15) is 0 Å². The first-order chi connectivity index (χ1) is 12.8. The highest BCUT2D eigenvalue weighted by molar-refractivity contribution is 7.88. The van der Waals surface area contributed by atoms with Crippen LogP contribution in [0.2, 0.25) is 0 Å². The van der Waals surface area contributed by atoms with Crippen molar-refractivity contribution >= 4 is 22.0 Å². The summed E-state index contributed by atoms with van der Waals surface area (Å²) in [5.74, 6) is 1.10. The highest BCUT2D eigenvalue weighted by Crippen LogP contribution is 2.34. The van der Waals surface area contributed by atoms with E-state index in [-0.39, 0.29) is 11.8 Å². The van der Waals surface area contributed by atoms with Gasteiger partial charge in [0.25, 0.3) is 5.91 Å². The minimum atomic E-state index is -3.23. The maximum atomic E-state index is 13.0. The molecule has 0 spiro atoms. The Morgan fingerprint density at radius 3 is 2.67 bits per heavy atom. The summed E-state index contributed by atoms with van der Waals surface area (Å²) in [4.78, 5) is 14.8. The summed E-state index contributed by atoms with van der Waals surface area (Å²) < 4.78 is 36.0. The monoisotopic (exact) mass is 396 g/mol. The normalized spacial score (nSPS) is 17.9. The molecule has 7 nitrogen and oxygen atoms in total. The minimum absolute atomic E-state index is 0.0919. The average molecular weight is 397 g/mol. The van der Waals surface area contributed by atoms with Crippen molar-refractivity contribution in [3.63, 3.8) is 0 Å². The molecule has 1 saturated heterocycles. The number of allylic oxidation sites excluding steroid dienone is 1. The molecule has 0 radical (unpaired) electrons. The second-order valence-corrected chi connectivity index (χ2v) is 8.51. The van der Waals surface area contributed by atoms with Gasteiger partial charge in [-0.05, 0) is 37.8 Å². The van der Waals surface area contributed by atoms with Crippen LogP contribution in [-0.4, -0.2) is 59.3 Å². The Labute approximate surface area is 161 Å². The van der Waals surface area contributed by atoms with Crippen molar-refractivity contribution in [1.82, 2.24) is 9.62 Å². The van der Waals surface area contributed by atoms with E-state index in [4.69, 9.17) is 9.47 Å². The topological polar surface area (TPSA) is 84.9 Å². The number of hydrogen-bond acceptors (Lipinski definition) is 5. The average Bonchev–Trinajstić information content (AvgIpc) is 2.65. The number of nitrogens with zero attached hydrogens (tertiary/aromatic N) is 1. The van der Waals surface area contributed by atoms with E-state index in [2.05, 4.69) is 4.72 Å². The van der Waals surface area contributed by atoms with E-state index >= 15 is 0 Å². The van der Waals surface area contributed by atoms with Crippen LogP contribution in [0.25, 0.3) is 6.08 Å². The molecule has 27 heavy (non-hydrogen) atoms. The van der Waals surface area contributed by atoms with Gasteiger partial charge < -0.3 is 14.4 Å². The highest BCUT2D eigenvalue weighted by atomic mass is 32.2. The Hall–Kier alpha value is -2.06. The van der Waals surface area contributed by atoms with Crippen molar-refractivity contribution in [3.05, 3.63) is 29.3 Å². The van der Waals surface area contributed by atoms with Crippen LogP contribution < -0.4 is 14.2 Å². The molecule has 0 saturated carbocycles. The first-order valence-corrected chi connectivity index (χ1v) is 10.8. The van der Waals surface area contributed by atoms with Gasteiger partial charge in [-0.1, -0.05) is 12.2 Å². The Morgan fingerprint density at radius 2 is 2.07 bits per heavy atom. The number of ether oxygens (including phenoxy) is 2. The predicted octanol–water partition coefficient (Wildman–Crippen LogP) is 2.14. The van der Waals surface area contributed by atoms with Crippen LogP contribution >= 0.6 is 0 Å². The van der Waals surface area contributed by atoms with Gasteiger partial charge in [0, 0.05) is 30.8 Å². The summed E-state index contributed by atoms with van der Waals surface area (Å²) >= 11 is 0. The van der Waals surface area contributed by atoms with E-state index in [1.165, 1.54) is 0 Å². The molecule has 1 aromatic carbocycles. The third-order valence-electron chi connectivity index (χ3n) is 4.54. The molecule has 0 bridgehead atoms. The smallest absolute Gasteiger partial charge is 0.254 e. The zero-order valence-electron chi connectivity index (χ0n) is 16.3. The van der Waals surface area contributed by atoms with E-state index < -0.39 is 10.0 Å². The van der Waals surface area contributed by atoms with Crippen molar-refractivity contribution in [1.29, 1.82) is 0 Å². The molecule has 8 heteroatoms. The lowest BCUT2D eigenvalue weighted by Crippen LogP contribution is -2.43. The fourth-order valence-electron chi connectivity index (χ4n) is 3.29. The lowest BCUT2D eigenvalue weighted by molar-refractivity contribution is 0.0676. The van der Waals surface area contributed by atoms with E-state index in [0.717, 1.165) is 24.7 Å². The first-order valence-electron chi connectivity index (χ1n) is 8.91. The van der Waals surface area contributed by atoms with E-state index in [1.807, 2.05) is 19.1 Å². The van der Waals surface area contributed by atoms with Crippen LogP contribution in [-0.2, 0) is 10.0 Å². The summed E-state index contributed by atoms with van der Waals surface area (Å²) in [5, 5.41) is 0. The molecule has 1 aliphatic heterocycles.